The largest absolute Gasteiger partial charge is 0.481 e. The Labute approximate surface area is 191 Å². The van der Waals surface area contributed by atoms with E-state index in [1.54, 1.807) is 0 Å². The Hall–Kier alpha value is -1.77. The Kier molecular flexibility index (Phi) is 5.15. The van der Waals surface area contributed by atoms with E-state index in [0.29, 0.717) is 12.2 Å². The molecule has 6 nitrogen and oxygen atoms in total. The zero-order chi connectivity index (χ0) is 21.9. The third kappa shape index (κ3) is 3.42. The van der Waals surface area contributed by atoms with Crippen molar-refractivity contribution in [3.8, 4) is 5.75 Å². The van der Waals surface area contributed by atoms with Gasteiger partial charge in [-0.05, 0) is 50.3 Å². The molecule has 2 bridgehead atoms. The topological polar surface area (TPSA) is 78.9 Å². The van der Waals surface area contributed by atoms with E-state index in [1.807, 2.05) is 18.2 Å². The van der Waals surface area contributed by atoms with Gasteiger partial charge in [-0.3, -0.25) is 4.18 Å². The summed E-state index contributed by atoms with van der Waals surface area (Å²) in [5, 5.41) is 1.80. The highest BCUT2D eigenvalue weighted by Gasteiger charge is 2.65. The molecule has 2 saturated heterocycles. The molecule has 6 rings (SSSR count). The lowest BCUT2D eigenvalue weighted by atomic mass is 9.94. The van der Waals surface area contributed by atoms with Gasteiger partial charge >= 0.3 is 5.97 Å². The second-order valence-electron chi connectivity index (χ2n) is 9.30. The fourth-order valence-corrected chi connectivity index (χ4v) is 10.4. The van der Waals surface area contributed by atoms with Gasteiger partial charge in [-0.25, -0.2) is 4.79 Å². The van der Waals surface area contributed by atoms with Gasteiger partial charge in [-0.2, -0.15) is 8.42 Å². The predicted molar refractivity (Wildman–Crippen MR) is 122 cm³/mol. The lowest BCUT2D eigenvalue weighted by Crippen LogP contribution is -2.38. The molecule has 2 aliphatic carbocycles. The van der Waals surface area contributed by atoms with Crippen molar-refractivity contribution in [1.82, 2.24) is 0 Å². The van der Waals surface area contributed by atoms with Gasteiger partial charge in [0.2, 0.25) is 0 Å². The SMILES string of the molecule is O=C(COc1ccc([S+]2CCCCC2)c2ccccc12)OC1C2CC3C1OS(=O)(=O)C3C2. The van der Waals surface area contributed by atoms with Gasteiger partial charge < -0.3 is 9.47 Å². The number of benzene rings is 2. The van der Waals surface area contributed by atoms with E-state index < -0.39 is 33.5 Å². The van der Waals surface area contributed by atoms with Crippen LogP contribution in [0.1, 0.15) is 32.1 Å². The smallest absolute Gasteiger partial charge is 0.344 e. The predicted octanol–water partition coefficient (Wildman–Crippen LogP) is 3.43. The number of esters is 1. The number of carbonyl (C=O) groups is 1. The summed E-state index contributed by atoms with van der Waals surface area (Å²) in [6, 6.07) is 12.4. The van der Waals surface area contributed by atoms with Crippen molar-refractivity contribution >= 4 is 37.8 Å². The maximum absolute atomic E-state index is 12.6. The van der Waals surface area contributed by atoms with Crippen molar-refractivity contribution in [3.05, 3.63) is 36.4 Å². The molecule has 0 radical (unpaired) electrons. The summed E-state index contributed by atoms with van der Waals surface area (Å²) >= 11 is 0. The standard InChI is InChI=1S/C24H27O6S2/c25-22(29-23-15-12-18-21(13-15)32(26,27)30-24(18)23)14-28-19-8-9-20(31-10-4-1-5-11-31)17-7-3-2-6-16(17)19/h2-3,6-9,15,18,21,23-24H,1,4-5,10-14H2/q+1. The molecule has 4 aliphatic rings. The van der Waals surface area contributed by atoms with E-state index in [2.05, 4.69) is 18.2 Å². The van der Waals surface area contributed by atoms with Gasteiger partial charge in [0.25, 0.3) is 10.1 Å². The van der Waals surface area contributed by atoms with Crippen LogP contribution in [0.25, 0.3) is 10.8 Å². The maximum atomic E-state index is 12.6. The highest BCUT2D eigenvalue weighted by Crippen LogP contribution is 2.55. The van der Waals surface area contributed by atoms with Crippen LogP contribution in [-0.2, 0) is 34.7 Å². The third-order valence-corrected chi connectivity index (χ3v) is 11.8. The fourth-order valence-electron chi connectivity index (χ4n) is 6.04. The monoisotopic (exact) mass is 475 g/mol. The molecule has 5 atom stereocenters. The average molecular weight is 476 g/mol. The summed E-state index contributed by atoms with van der Waals surface area (Å²) in [4.78, 5) is 14.0. The number of ether oxygens (including phenoxy) is 2. The number of carbonyl (C=O) groups excluding carboxylic acids is 1. The summed E-state index contributed by atoms with van der Waals surface area (Å²) in [5.41, 5.74) is 0. The molecule has 2 aromatic carbocycles. The fraction of sp³-hybridized carbons (Fsp3) is 0.542. The average Bonchev–Trinajstić information content (AvgIpc) is 3.42. The molecular formula is C24H27O6S2+. The molecule has 0 aromatic heterocycles. The first-order valence-electron chi connectivity index (χ1n) is 11.4. The molecule has 4 fully saturated rings. The highest BCUT2D eigenvalue weighted by atomic mass is 32.2. The second kappa shape index (κ2) is 7.92. The van der Waals surface area contributed by atoms with Gasteiger partial charge in [0.1, 0.15) is 29.5 Å². The summed E-state index contributed by atoms with van der Waals surface area (Å²) in [6.45, 7) is -0.203. The van der Waals surface area contributed by atoms with Crippen LogP contribution >= 0.6 is 0 Å². The van der Waals surface area contributed by atoms with Crippen LogP contribution in [0.15, 0.2) is 41.3 Å². The zero-order valence-corrected chi connectivity index (χ0v) is 19.4. The van der Waals surface area contributed by atoms with Crippen LogP contribution < -0.4 is 4.74 Å². The lowest BCUT2D eigenvalue weighted by molar-refractivity contribution is -0.158. The van der Waals surface area contributed by atoms with Crippen LogP contribution in [0.4, 0.5) is 0 Å². The van der Waals surface area contributed by atoms with E-state index in [1.165, 1.54) is 41.0 Å². The number of hydrogen-bond acceptors (Lipinski definition) is 6. The molecule has 5 unspecified atom stereocenters. The quantitative estimate of drug-likeness (QED) is 0.375. The second-order valence-corrected chi connectivity index (χ2v) is 13.3. The molecule has 2 aliphatic heterocycles. The molecule has 2 aromatic rings. The van der Waals surface area contributed by atoms with Crippen molar-refractivity contribution in [2.45, 2.75) is 54.5 Å². The number of hydrogen-bond donors (Lipinski definition) is 0. The Balaban J connectivity index is 1.15. The molecule has 0 N–H and O–H groups in total. The van der Waals surface area contributed by atoms with E-state index >= 15 is 0 Å². The van der Waals surface area contributed by atoms with Crippen LogP contribution in [0.3, 0.4) is 0 Å². The minimum Gasteiger partial charge on any atom is -0.481 e. The Morgan fingerprint density at radius 3 is 2.62 bits per heavy atom. The van der Waals surface area contributed by atoms with Crippen molar-refractivity contribution in [1.29, 1.82) is 0 Å². The first-order valence-corrected chi connectivity index (χ1v) is 14.5. The molecule has 2 heterocycles. The minimum atomic E-state index is -3.52. The molecule has 2 saturated carbocycles. The lowest BCUT2D eigenvalue weighted by Gasteiger charge is -2.24. The van der Waals surface area contributed by atoms with E-state index in [0.717, 1.165) is 11.8 Å². The van der Waals surface area contributed by atoms with Gasteiger partial charge in [-0.1, -0.05) is 18.2 Å². The van der Waals surface area contributed by atoms with Gasteiger partial charge in [0.05, 0.1) is 5.25 Å². The van der Waals surface area contributed by atoms with E-state index in [-0.39, 0.29) is 29.3 Å². The van der Waals surface area contributed by atoms with Gasteiger partial charge in [0, 0.05) is 33.5 Å². The van der Waals surface area contributed by atoms with Crippen LogP contribution in [0, 0.1) is 11.8 Å². The maximum Gasteiger partial charge on any atom is 0.344 e. The summed E-state index contributed by atoms with van der Waals surface area (Å²) < 4.78 is 41.1. The molecule has 170 valence electrons. The first-order chi connectivity index (χ1) is 15.5. The van der Waals surface area contributed by atoms with Gasteiger partial charge in [-0.15, -0.1) is 0 Å². The summed E-state index contributed by atoms with van der Waals surface area (Å²) in [5.74, 6) is 2.72. The molecular weight excluding hydrogens is 448 g/mol. The molecule has 32 heavy (non-hydrogen) atoms. The normalized spacial score (nSPS) is 32.9. The Bertz CT molecular complexity index is 1160. The summed E-state index contributed by atoms with van der Waals surface area (Å²) in [7, 11) is -3.24. The van der Waals surface area contributed by atoms with Crippen molar-refractivity contribution < 1.29 is 26.9 Å². The Morgan fingerprint density at radius 1 is 1.03 bits per heavy atom. The van der Waals surface area contributed by atoms with Crippen LogP contribution in [-0.4, -0.2) is 50.0 Å². The molecule has 0 amide bonds. The van der Waals surface area contributed by atoms with Crippen molar-refractivity contribution in [3.63, 3.8) is 0 Å². The number of rotatable bonds is 5. The van der Waals surface area contributed by atoms with Crippen molar-refractivity contribution in [2.24, 2.45) is 11.8 Å². The van der Waals surface area contributed by atoms with Crippen molar-refractivity contribution in [2.75, 3.05) is 18.1 Å². The summed E-state index contributed by atoms with van der Waals surface area (Å²) in [6.07, 6.45) is 4.17. The molecule has 0 spiro atoms. The third-order valence-electron chi connectivity index (χ3n) is 7.46. The highest BCUT2D eigenvalue weighted by molar-refractivity contribution is 7.97. The minimum absolute atomic E-state index is 0.0409. The number of fused-ring (bicyclic) bond motifs is 2. The van der Waals surface area contributed by atoms with Crippen LogP contribution in [0.2, 0.25) is 0 Å². The van der Waals surface area contributed by atoms with Gasteiger partial charge in [0.15, 0.2) is 11.5 Å². The molecule has 8 heteroatoms. The first kappa shape index (κ1) is 20.8. The Morgan fingerprint density at radius 2 is 1.81 bits per heavy atom. The zero-order valence-electron chi connectivity index (χ0n) is 17.8. The van der Waals surface area contributed by atoms with E-state index in [4.69, 9.17) is 13.7 Å². The van der Waals surface area contributed by atoms with E-state index in [9.17, 15) is 13.2 Å². The van der Waals surface area contributed by atoms with Crippen LogP contribution in [0.5, 0.6) is 5.75 Å².